The monoisotopic (exact) mass is 197 g/mol. The van der Waals surface area contributed by atoms with Gasteiger partial charge in [-0.2, -0.15) is 11.8 Å². The third-order valence-electron chi connectivity index (χ3n) is 1.81. The molecule has 5 heteroatoms. The number of halogens is 2. The summed E-state index contributed by atoms with van der Waals surface area (Å²) in [6.45, 7) is -1.48. The summed E-state index contributed by atoms with van der Waals surface area (Å²) in [5, 5.41) is 11.0. The summed E-state index contributed by atoms with van der Waals surface area (Å²) in [7, 11) is 0. The van der Waals surface area contributed by atoms with Gasteiger partial charge in [-0.05, 0) is 12.2 Å². The van der Waals surface area contributed by atoms with E-state index in [1.54, 1.807) is 11.8 Å². The van der Waals surface area contributed by atoms with Gasteiger partial charge in [0.1, 0.15) is 6.61 Å². The normalized spacial score (nSPS) is 24.8. The van der Waals surface area contributed by atoms with E-state index < -0.39 is 19.1 Å². The molecule has 0 aromatic heterocycles. The van der Waals surface area contributed by atoms with Crippen molar-refractivity contribution >= 4 is 11.8 Å². The van der Waals surface area contributed by atoms with Crippen LogP contribution in [0.25, 0.3) is 0 Å². The number of thioether (sulfide) groups is 1. The second-order valence-corrected chi connectivity index (χ2v) is 4.11. The lowest BCUT2D eigenvalue weighted by Crippen LogP contribution is -2.41. The van der Waals surface area contributed by atoms with Crippen LogP contribution in [0.1, 0.15) is 6.42 Å². The molecule has 0 aliphatic carbocycles. The lowest BCUT2D eigenvalue weighted by atomic mass is 10.2. The molecule has 72 valence electrons. The van der Waals surface area contributed by atoms with Crippen molar-refractivity contribution in [2.75, 3.05) is 24.7 Å². The van der Waals surface area contributed by atoms with Crippen LogP contribution in [0.5, 0.6) is 0 Å². The fraction of sp³-hybridized carbons (Fsp3) is 1.00. The first kappa shape index (κ1) is 10.2. The van der Waals surface area contributed by atoms with Crippen molar-refractivity contribution in [3.63, 3.8) is 0 Å². The molecule has 1 aliphatic rings. The number of alkyl halides is 2. The first-order valence-corrected chi connectivity index (χ1v) is 5.09. The lowest BCUT2D eigenvalue weighted by Gasteiger charge is -2.17. The van der Waals surface area contributed by atoms with Crippen LogP contribution < -0.4 is 5.32 Å². The van der Waals surface area contributed by atoms with Gasteiger partial charge in [0.15, 0.2) is 0 Å². The Kier molecular flexibility index (Phi) is 3.74. The van der Waals surface area contributed by atoms with Crippen molar-refractivity contribution in [1.29, 1.82) is 0 Å². The Morgan fingerprint density at radius 2 is 2.33 bits per heavy atom. The van der Waals surface area contributed by atoms with Gasteiger partial charge in [-0.3, -0.25) is 0 Å². The van der Waals surface area contributed by atoms with Crippen molar-refractivity contribution in [2.45, 2.75) is 18.4 Å². The van der Waals surface area contributed by atoms with E-state index in [9.17, 15) is 8.78 Å². The third-order valence-corrected chi connectivity index (χ3v) is 2.97. The number of hydrogen-bond donors (Lipinski definition) is 2. The molecule has 1 unspecified atom stereocenters. The standard InChI is InChI=1S/C7H13F2NOS/c8-7(9,5-11)4-10-6-1-2-12-3-6/h6,10-11H,1-5H2. The van der Waals surface area contributed by atoms with Crippen molar-refractivity contribution < 1.29 is 13.9 Å². The maximum absolute atomic E-state index is 12.5. The van der Waals surface area contributed by atoms with Crippen LogP contribution in [0.3, 0.4) is 0 Å². The van der Waals surface area contributed by atoms with E-state index in [1.807, 2.05) is 0 Å². The third kappa shape index (κ3) is 3.25. The molecule has 0 amide bonds. The molecule has 0 radical (unpaired) electrons. The van der Waals surface area contributed by atoms with Crippen molar-refractivity contribution in [1.82, 2.24) is 5.32 Å². The van der Waals surface area contributed by atoms with E-state index >= 15 is 0 Å². The zero-order valence-electron chi connectivity index (χ0n) is 6.72. The molecular formula is C7H13F2NOS. The maximum atomic E-state index is 12.5. The highest BCUT2D eigenvalue weighted by molar-refractivity contribution is 7.99. The molecule has 1 atom stereocenters. The summed E-state index contributed by atoms with van der Waals surface area (Å²) >= 11 is 1.77. The number of hydrogen-bond acceptors (Lipinski definition) is 3. The van der Waals surface area contributed by atoms with Crippen LogP contribution in [-0.4, -0.2) is 41.7 Å². The fourth-order valence-corrected chi connectivity index (χ4v) is 2.23. The van der Waals surface area contributed by atoms with Crippen LogP contribution in [0.4, 0.5) is 8.78 Å². The molecule has 1 heterocycles. The van der Waals surface area contributed by atoms with Crippen LogP contribution in [0, 0.1) is 0 Å². The Hall–Kier alpha value is 0.130. The van der Waals surface area contributed by atoms with Gasteiger partial charge < -0.3 is 10.4 Å². The number of aliphatic hydroxyl groups excluding tert-OH is 1. The van der Waals surface area contributed by atoms with E-state index in [2.05, 4.69) is 5.32 Å². The molecule has 1 aliphatic heterocycles. The smallest absolute Gasteiger partial charge is 0.282 e. The van der Waals surface area contributed by atoms with Gasteiger partial charge in [0.2, 0.25) is 0 Å². The van der Waals surface area contributed by atoms with E-state index in [0.717, 1.165) is 17.9 Å². The molecule has 0 bridgehead atoms. The van der Waals surface area contributed by atoms with E-state index in [4.69, 9.17) is 5.11 Å². The molecule has 2 N–H and O–H groups in total. The van der Waals surface area contributed by atoms with Crippen LogP contribution >= 0.6 is 11.8 Å². The Morgan fingerprint density at radius 1 is 1.58 bits per heavy atom. The Labute approximate surface area is 74.7 Å². The zero-order chi connectivity index (χ0) is 9.03. The average molecular weight is 197 g/mol. The summed E-state index contributed by atoms with van der Waals surface area (Å²) in [5.41, 5.74) is 0. The highest BCUT2D eigenvalue weighted by Crippen LogP contribution is 2.18. The molecule has 1 fully saturated rings. The Balaban J connectivity index is 2.15. The van der Waals surface area contributed by atoms with Gasteiger partial charge in [0.25, 0.3) is 5.92 Å². The van der Waals surface area contributed by atoms with E-state index in [1.165, 1.54) is 0 Å². The van der Waals surface area contributed by atoms with Crippen LogP contribution in [0.15, 0.2) is 0 Å². The van der Waals surface area contributed by atoms with Crippen LogP contribution in [-0.2, 0) is 0 Å². The number of rotatable bonds is 4. The molecule has 0 saturated carbocycles. The molecular weight excluding hydrogens is 184 g/mol. The molecule has 1 saturated heterocycles. The van der Waals surface area contributed by atoms with Gasteiger partial charge >= 0.3 is 0 Å². The van der Waals surface area contributed by atoms with Crippen LogP contribution in [0.2, 0.25) is 0 Å². The molecule has 12 heavy (non-hydrogen) atoms. The molecule has 0 aromatic rings. The van der Waals surface area contributed by atoms with Gasteiger partial charge in [0, 0.05) is 11.8 Å². The van der Waals surface area contributed by atoms with Gasteiger partial charge in [-0.25, -0.2) is 8.78 Å². The largest absolute Gasteiger partial charge is 0.390 e. The van der Waals surface area contributed by atoms with Gasteiger partial charge in [0.05, 0.1) is 6.54 Å². The average Bonchev–Trinajstić information content (AvgIpc) is 2.53. The summed E-state index contributed by atoms with van der Waals surface area (Å²) in [6, 6.07) is 0.201. The van der Waals surface area contributed by atoms with E-state index in [0.29, 0.717) is 0 Å². The molecule has 1 rings (SSSR count). The summed E-state index contributed by atoms with van der Waals surface area (Å²) in [4.78, 5) is 0. The second kappa shape index (κ2) is 4.39. The topological polar surface area (TPSA) is 32.3 Å². The summed E-state index contributed by atoms with van der Waals surface area (Å²) in [6.07, 6.45) is 0.951. The van der Waals surface area contributed by atoms with Crippen molar-refractivity contribution in [3.8, 4) is 0 Å². The highest BCUT2D eigenvalue weighted by Gasteiger charge is 2.29. The Bertz CT molecular complexity index is 139. The minimum Gasteiger partial charge on any atom is -0.390 e. The highest BCUT2D eigenvalue weighted by atomic mass is 32.2. The predicted octanol–water partition coefficient (Wildman–Crippen LogP) is 0.709. The summed E-state index contributed by atoms with van der Waals surface area (Å²) in [5.74, 6) is -1.02. The zero-order valence-corrected chi connectivity index (χ0v) is 7.54. The van der Waals surface area contributed by atoms with Crippen molar-refractivity contribution in [3.05, 3.63) is 0 Å². The quantitative estimate of drug-likeness (QED) is 0.696. The van der Waals surface area contributed by atoms with Gasteiger partial charge in [-0.15, -0.1) is 0 Å². The SMILES string of the molecule is OCC(F)(F)CNC1CCSC1. The summed E-state index contributed by atoms with van der Waals surface area (Å²) < 4.78 is 25.0. The lowest BCUT2D eigenvalue weighted by molar-refractivity contribution is -0.0488. The molecule has 0 spiro atoms. The maximum Gasteiger partial charge on any atom is 0.282 e. The predicted molar refractivity (Wildman–Crippen MR) is 45.8 cm³/mol. The molecule has 0 aromatic carbocycles. The minimum atomic E-state index is -2.97. The first-order chi connectivity index (χ1) is 5.64. The number of nitrogens with one attached hydrogen (secondary N) is 1. The first-order valence-electron chi connectivity index (χ1n) is 3.94. The van der Waals surface area contributed by atoms with Gasteiger partial charge in [-0.1, -0.05) is 0 Å². The minimum absolute atomic E-state index is 0.201. The molecule has 2 nitrogen and oxygen atoms in total. The Morgan fingerprint density at radius 3 is 2.83 bits per heavy atom. The van der Waals surface area contributed by atoms with E-state index in [-0.39, 0.29) is 6.04 Å². The second-order valence-electron chi connectivity index (χ2n) is 2.96. The van der Waals surface area contributed by atoms with Crippen molar-refractivity contribution in [2.24, 2.45) is 0 Å². The fourth-order valence-electron chi connectivity index (χ4n) is 1.05. The number of aliphatic hydroxyl groups is 1.